The maximum atomic E-state index is 13.8. The highest BCUT2D eigenvalue weighted by atomic mass is 35.5. The van der Waals surface area contributed by atoms with Crippen molar-refractivity contribution in [3.05, 3.63) is 84.6 Å². The van der Waals surface area contributed by atoms with Crippen LogP contribution in [0.4, 0.5) is 0 Å². The van der Waals surface area contributed by atoms with Gasteiger partial charge in [-0.15, -0.1) is 23.2 Å². The lowest BCUT2D eigenvalue weighted by Crippen LogP contribution is -2.67. The number of nitrogens with zero attached hydrogens (tertiary/aromatic N) is 3. The number of allylic oxidation sites excluding steroid dienone is 4. The van der Waals surface area contributed by atoms with Crippen LogP contribution in [0.3, 0.4) is 0 Å². The summed E-state index contributed by atoms with van der Waals surface area (Å²) in [5, 5.41) is 11.4. The lowest BCUT2D eigenvalue weighted by Gasteiger charge is -2.54. The number of carbonyl (C=O) groups is 2. The minimum atomic E-state index is -2.20. The molecule has 1 saturated carbocycles. The second kappa shape index (κ2) is 7.86. The number of rotatable bonds is 1. The van der Waals surface area contributed by atoms with Crippen LogP contribution in [0.25, 0.3) is 10.8 Å². The minimum Gasteiger partial charge on any atom is -0.508 e. The number of halogens is 4. The van der Waals surface area contributed by atoms with E-state index in [0.29, 0.717) is 11.0 Å². The molecule has 1 aliphatic heterocycles. The van der Waals surface area contributed by atoms with Gasteiger partial charge in [0.15, 0.2) is 11.6 Å². The number of hydrogen-bond donors (Lipinski definition) is 1. The average molecular weight is 581 g/mol. The third-order valence-electron chi connectivity index (χ3n) is 7.73. The van der Waals surface area contributed by atoms with Gasteiger partial charge in [-0.2, -0.15) is 0 Å². The van der Waals surface area contributed by atoms with Crippen molar-refractivity contribution in [3.8, 4) is 5.75 Å². The Morgan fingerprint density at radius 2 is 1.62 bits per heavy atom. The predicted octanol–water partition coefficient (Wildman–Crippen LogP) is 3.67. The van der Waals surface area contributed by atoms with Gasteiger partial charge in [-0.05, 0) is 22.4 Å². The number of Topliss-reactive ketones (excluding diaryl/α,β-unsaturated/α-hetero) is 2. The first-order valence-electron chi connectivity index (χ1n) is 11.3. The van der Waals surface area contributed by atoms with Gasteiger partial charge in [0.05, 0.1) is 12.6 Å². The molecule has 37 heavy (non-hydrogen) atoms. The summed E-state index contributed by atoms with van der Waals surface area (Å²) in [5.41, 5.74) is -0.479. The number of aromatic hydroxyl groups is 1. The largest absolute Gasteiger partial charge is 0.508 e. The number of benzene rings is 2. The SMILES string of the molecule is Cn1c(=O)n2n(c1=O)[C@@H]1C[C@@]3(Cl)C(=O)C(Cl)=C(Cl)C(=O)[C@@]3(Cl)[C@@H](c3c(O)ccc4ccccc34)C1=CC2. The highest BCUT2D eigenvalue weighted by Crippen LogP contribution is 2.65. The molecule has 1 fully saturated rings. The van der Waals surface area contributed by atoms with Gasteiger partial charge in [0.25, 0.3) is 0 Å². The van der Waals surface area contributed by atoms with E-state index in [1.54, 1.807) is 24.3 Å². The third-order valence-corrected chi connectivity index (χ3v) is 9.98. The summed E-state index contributed by atoms with van der Waals surface area (Å²) >= 11 is 26.7. The maximum absolute atomic E-state index is 13.8. The molecule has 6 rings (SSSR count). The number of carbonyl (C=O) groups excluding carboxylic acids is 2. The zero-order valence-electron chi connectivity index (χ0n) is 19.0. The molecule has 2 aliphatic carbocycles. The summed E-state index contributed by atoms with van der Waals surface area (Å²) in [4.78, 5) is 49.0. The fourth-order valence-electron chi connectivity index (χ4n) is 5.98. The molecule has 190 valence electrons. The molecule has 2 heterocycles. The van der Waals surface area contributed by atoms with Crippen LogP contribution in [0.2, 0.25) is 0 Å². The Labute approximate surface area is 228 Å². The van der Waals surface area contributed by atoms with Crippen molar-refractivity contribution < 1.29 is 14.7 Å². The Balaban J connectivity index is 1.75. The van der Waals surface area contributed by atoms with Crippen LogP contribution in [-0.4, -0.2) is 40.4 Å². The Hall–Kier alpha value is -2.78. The number of aromatic nitrogens is 3. The summed E-state index contributed by atoms with van der Waals surface area (Å²) in [5.74, 6) is -3.13. The number of fused-ring (bicyclic) bond motifs is 5. The molecule has 8 nitrogen and oxygen atoms in total. The zero-order chi connectivity index (χ0) is 26.6. The molecule has 3 aromatic rings. The number of alkyl halides is 2. The second-order valence-corrected chi connectivity index (χ2v) is 11.4. The highest BCUT2D eigenvalue weighted by Gasteiger charge is 2.72. The summed E-state index contributed by atoms with van der Waals surface area (Å²) in [7, 11) is 1.34. The Morgan fingerprint density at radius 3 is 2.35 bits per heavy atom. The van der Waals surface area contributed by atoms with E-state index in [1.165, 1.54) is 22.5 Å². The first-order chi connectivity index (χ1) is 17.4. The van der Waals surface area contributed by atoms with E-state index >= 15 is 0 Å². The van der Waals surface area contributed by atoms with Gasteiger partial charge >= 0.3 is 11.4 Å². The normalized spacial score (nSPS) is 29.2. The Bertz CT molecular complexity index is 1770. The lowest BCUT2D eigenvalue weighted by atomic mass is 9.58. The van der Waals surface area contributed by atoms with Gasteiger partial charge in [-0.25, -0.2) is 23.5 Å². The monoisotopic (exact) mass is 579 g/mol. The van der Waals surface area contributed by atoms with Crippen LogP contribution in [0.15, 0.2) is 67.7 Å². The molecule has 0 amide bonds. The van der Waals surface area contributed by atoms with Crippen LogP contribution >= 0.6 is 46.4 Å². The lowest BCUT2D eigenvalue weighted by molar-refractivity contribution is -0.128. The van der Waals surface area contributed by atoms with Crippen molar-refractivity contribution in [2.24, 2.45) is 7.05 Å². The van der Waals surface area contributed by atoms with Crippen LogP contribution in [0, 0.1) is 0 Å². The minimum absolute atomic E-state index is 0.00249. The first-order valence-corrected chi connectivity index (χ1v) is 12.8. The summed E-state index contributed by atoms with van der Waals surface area (Å²) in [6.45, 7) is -0.00249. The fourth-order valence-corrected chi connectivity index (χ4v) is 7.49. The molecule has 3 aliphatic rings. The number of hydrogen-bond acceptors (Lipinski definition) is 5. The molecular weight excluding hydrogens is 564 g/mol. The standard InChI is InChI=1S/C25H17Cl4N3O5/c1-30-22(36)31-9-8-13-14(32(31)23(30)37)10-24(28)20(34)18(26)19(27)21(35)25(24,29)17(13)16-12-5-3-2-4-11(12)6-7-15(16)33/h2-8,14,17,33H,9-10H2,1H3/t14-,17-,24-,25+/m1/s1. The average Bonchev–Trinajstić information content (AvgIpc) is 3.11. The van der Waals surface area contributed by atoms with Crippen LogP contribution in [0.5, 0.6) is 5.75 Å². The molecule has 4 atom stereocenters. The molecule has 0 unspecified atom stereocenters. The van der Waals surface area contributed by atoms with E-state index in [2.05, 4.69) is 0 Å². The molecule has 0 radical (unpaired) electrons. The Kier molecular flexibility index (Phi) is 5.22. The van der Waals surface area contributed by atoms with Crippen molar-refractivity contribution in [3.63, 3.8) is 0 Å². The molecular formula is C25H17Cl4N3O5. The fraction of sp³-hybridized carbons (Fsp3) is 0.280. The maximum Gasteiger partial charge on any atom is 0.347 e. The predicted molar refractivity (Wildman–Crippen MR) is 140 cm³/mol. The summed E-state index contributed by atoms with van der Waals surface area (Å²) in [6.07, 6.45) is 1.36. The summed E-state index contributed by atoms with van der Waals surface area (Å²) < 4.78 is 3.40. The smallest absolute Gasteiger partial charge is 0.347 e. The Morgan fingerprint density at radius 1 is 0.946 bits per heavy atom. The van der Waals surface area contributed by atoms with E-state index < -0.39 is 54.7 Å². The van der Waals surface area contributed by atoms with E-state index in [-0.39, 0.29) is 24.3 Å². The van der Waals surface area contributed by atoms with Gasteiger partial charge in [0.1, 0.15) is 25.6 Å². The van der Waals surface area contributed by atoms with E-state index in [9.17, 15) is 24.3 Å². The first kappa shape index (κ1) is 24.6. The van der Waals surface area contributed by atoms with E-state index in [1.807, 2.05) is 12.1 Å². The third kappa shape index (κ3) is 2.87. The van der Waals surface area contributed by atoms with Crippen molar-refractivity contribution >= 4 is 68.7 Å². The van der Waals surface area contributed by atoms with Crippen molar-refractivity contribution in [2.45, 2.75) is 34.7 Å². The van der Waals surface area contributed by atoms with Crippen molar-refractivity contribution in [2.75, 3.05) is 0 Å². The summed E-state index contributed by atoms with van der Waals surface area (Å²) in [6, 6.07) is 9.36. The second-order valence-electron chi connectivity index (χ2n) is 9.43. The van der Waals surface area contributed by atoms with E-state index in [0.717, 1.165) is 9.95 Å². The van der Waals surface area contributed by atoms with Crippen molar-refractivity contribution in [1.82, 2.24) is 13.9 Å². The van der Waals surface area contributed by atoms with E-state index in [4.69, 9.17) is 46.4 Å². The molecule has 1 N–H and O–H groups in total. The zero-order valence-corrected chi connectivity index (χ0v) is 22.1. The quantitative estimate of drug-likeness (QED) is 0.349. The molecule has 12 heteroatoms. The van der Waals surface area contributed by atoms with Gasteiger partial charge in [-0.3, -0.25) is 9.59 Å². The molecule has 1 aromatic heterocycles. The molecule has 0 bridgehead atoms. The molecule has 2 aromatic carbocycles. The number of phenols is 1. The van der Waals surface area contributed by atoms with Crippen LogP contribution in [-0.2, 0) is 23.2 Å². The van der Waals surface area contributed by atoms with Crippen LogP contribution < -0.4 is 11.4 Å². The molecule has 0 spiro atoms. The van der Waals surface area contributed by atoms with Gasteiger partial charge in [0.2, 0.25) is 0 Å². The van der Waals surface area contributed by atoms with Gasteiger partial charge in [-0.1, -0.05) is 59.6 Å². The van der Waals surface area contributed by atoms with Crippen LogP contribution in [0.1, 0.15) is 23.9 Å². The van der Waals surface area contributed by atoms with Gasteiger partial charge < -0.3 is 5.11 Å². The molecule has 0 saturated heterocycles. The van der Waals surface area contributed by atoms with Gasteiger partial charge in [0, 0.05) is 24.9 Å². The number of ketones is 2. The number of phenolic OH excluding ortho intramolecular Hbond substituents is 1. The topological polar surface area (TPSA) is 103 Å². The van der Waals surface area contributed by atoms with Crippen molar-refractivity contribution in [1.29, 1.82) is 0 Å². The highest BCUT2D eigenvalue weighted by molar-refractivity contribution is 6.66.